The van der Waals surface area contributed by atoms with Crippen LogP contribution in [0.15, 0.2) is 66.3 Å². The van der Waals surface area contributed by atoms with Gasteiger partial charge in [-0.25, -0.2) is 9.97 Å². The van der Waals surface area contributed by atoms with Crippen molar-refractivity contribution < 1.29 is 38.9 Å². The molecule has 1 aliphatic carbocycles. The molecule has 19 heteroatoms. The van der Waals surface area contributed by atoms with Crippen molar-refractivity contribution in [2.45, 2.75) is 98.2 Å². The van der Waals surface area contributed by atoms with Crippen molar-refractivity contribution in [3.05, 3.63) is 93.7 Å². The molecular weight excluding hydrogens is 946 g/mol. The summed E-state index contributed by atoms with van der Waals surface area (Å²) in [5.74, 6) is -0.366. The quantitative estimate of drug-likeness (QED) is 0.0867. The molecule has 380 valence electrons. The van der Waals surface area contributed by atoms with Crippen LogP contribution in [0.2, 0.25) is 5.02 Å². The second kappa shape index (κ2) is 22.0. The summed E-state index contributed by atoms with van der Waals surface area (Å²) in [4.78, 5) is 70.4. The number of piperazine rings is 1. The average Bonchev–Trinajstić information content (AvgIpc) is 3.96. The summed E-state index contributed by atoms with van der Waals surface area (Å²) in [6.07, 6.45) is 0.446. The maximum absolute atomic E-state index is 14.2. The third kappa shape index (κ3) is 12.0. The molecule has 2 aromatic carbocycles. The fourth-order valence-electron chi connectivity index (χ4n) is 10.3. The maximum atomic E-state index is 14.2. The predicted molar refractivity (Wildman–Crippen MR) is 271 cm³/mol. The number of halogens is 1. The molecule has 0 spiro atoms. The molecule has 17 nitrogen and oxygen atoms in total. The molecule has 0 bridgehead atoms. The average molecular weight is 1010 g/mol. The Hall–Kier alpha value is -5.68. The molecule has 1 unspecified atom stereocenters. The lowest BCUT2D eigenvalue weighted by molar-refractivity contribution is -0.164. The summed E-state index contributed by atoms with van der Waals surface area (Å²) >= 11 is 7.78. The molecule has 2 saturated heterocycles. The molecule has 2 aromatic heterocycles. The van der Waals surface area contributed by atoms with Crippen LogP contribution in [0, 0.1) is 34.5 Å². The number of hydrogen-bond acceptors (Lipinski definition) is 14. The number of amides is 4. The molecule has 4 atom stereocenters. The number of aliphatic hydroxyl groups is 2. The minimum Gasteiger partial charge on any atom is -0.489 e. The van der Waals surface area contributed by atoms with Crippen LogP contribution >= 0.6 is 22.9 Å². The van der Waals surface area contributed by atoms with Crippen LogP contribution < -0.4 is 25.6 Å². The summed E-state index contributed by atoms with van der Waals surface area (Å²) in [6.45, 7) is 18.7. The lowest BCUT2D eigenvalue weighted by atomic mass is 9.49. The van der Waals surface area contributed by atoms with Crippen LogP contribution in [0.5, 0.6) is 5.75 Å². The van der Waals surface area contributed by atoms with Gasteiger partial charge in [0.25, 0.3) is 5.91 Å². The second-order valence-electron chi connectivity index (χ2n) is 21.0. The van der Waals surface area contributed by atoms with Gasteiger partial charge in [-0.05, 0) is 47.7 Å². The van der Waals surface area contributed by atoms with E-state index in [4.69, 9.17) is 21.1 Å². The Morgan fingerprint density at radius 1 is 0.986 bits per heavy atom. The number of β-amino-alcohol motifs (C(OH)–C–C–N with tert-alkyl or cyclic N) is 1. The highest BCUT2D eigenvalue weighted by atomic mass is 35.5. The number of nitrogens with zero attached hydrogens (tertiary/aromatic N) is 6. The van der Waals surface area contributed by atoms with Crippen molar-refractivity contribution in [1.29, 1.82) is 5.26 Å². The standard InChI is InChI=1S/C52H66ClN9O8S/c1-31-43(71-30-56-31)33-11-9-32(10-12-33)39(28-63)57-46(67)40-23-36(64)27-62(40)47(68)44(50(2,3)4)58-42(65)29-69-22-21-60-17-19-61(20-18-60)41-16-14-35(26-55-41)45(66)59-48-51(5,6)49(52(48,7)8)70-37-15-13-34(25-54)38(53)24-37/h9-16,24,26,30,36,39-40,44,48-49,63-64H,17-23,27-29H2,1-8H3,(H,57,67)(H,58,65)(H,59,66)/t36-,39+,40+,44?,48-,49-/m1/s1. The number of anilines is 1. The molecule has 3 aliphatic rings. The van der Waals surface area contributed by atoms with E-state index in [0.29, 0.717) is 47.1 Å². The van der Waals surface area contributed by atoms with Crippen LogP contribution in [0.3, 0.4) is 0 Å². The van der Waals surface area contributed by atoms with E-state index in [-0.39, 0.29) is 50.8 Å². The van der Waals surface area contributed by atoms with Gasteiger partial charge in [0.05, 0.1) is 57.6 Å². The van der Waals surface area contributed by atoms with Crippen LogP contribution in [0.25, 0.3) is 10.4 Å². The Morgan fingerprint density at radius 3 is 2.28 bits per heavy atom. The number of carbonyl (C=O) groups is 4. The zero-order valence-corrected chi connectivity index (χ0v) is 43.3. The van der Waals surface area contributed by atoms with Gasteiger partial charge in [-0.15, -0.1) is 11.3 Å². The van der Waals surface area contributed by atoms with Gasteiger partial charge in [-0.1, -0.05) is 84.3 Å². The number of rotatable bonds is 17. The summed E-state index contributed by atoms with van der Waals surface area (Å²) < 4.78 is 12.2. The fourth-order valence-corrected chi connectivity index (χ4v) is 11.4. The van der Waals surface area contributed by atoms with E-state index in [1.165, 1.54) is 16.2 Å². The second-order valence-corrected chi connectivity index (χ2v) is 22.2. The smallest absolute Gasteiger partial charge is 0.253 e. The minimum atomic E-state index is -1.02. The third-order valence-corrected chi connectivity index (χ3v) is 15.3. The molecule has 2 aliphatic heterocycles. The van der Waals surface area contributed by atoms with Crippen molar-refractivity contribution in [1.82, 2.24) is 35.7 Å². The summed E-state index contributed by atoms with van der Waals surface area (Å²) in [5.41, 5.74) is 3.63. The van der Waals surface area contributed by atoms with Crippen molar-refractivity contribution in [3.63, 3.8) is 0 Å². The number of ether oxygens (including phenoxy) is 2. The molecule has 4 amide bonds. The summed E-state index contributed by atoms with van der Waals surface area (Å²) in [5, 5.41) is 39.4. The number of nitriles is 1. The van der Waals surface area contributed by atoms with Gasteiger partial charge in [-0.2, -0.15) is 5.26 Å². The molecule has 4 heterocycles. The van der Waals surface area contributed by atoms with E-state index in [2.05, 4.69) is 69.5 Å². The van der Waals surface area contributed by atoms with Crippen molar-refractivity contribution in [3.8, 4) is 22.3 Å². The predicted octanol–water partition coefficient (Wildman–Crippen LogP) is 5.13. The Bertz CT molecular complexity index is 2570. The number of aliphatic hydroxyl groups excluding tert-OH is 2. The van der Waals surface area contributed by atoms with Crippen molar-refractivity contribution in [2.75, 3.05) is 64.0 Å². The van der Waals surface area contributed by atoms with Crippen LogP contribution in [0.4, 0.5) is 5.82 Å². The Labute approximate surface area is 424 Å². The zero-order chi connectivity index (χ0) is 51.4. The number of nitrogens with one attached hydrogen (secondary N) is 3. The Balaban J connectivity index is 0.838. The largest absolute Gasteiger partial charge is 0.489 e. The lowest BCUT2D eigenvalue weighted by Crippen LogP contribution is -2.74. The van der Waals surface area contributed by atoms with Gasteiger partial charge in [-0.3, -0.25) is 24.1 Å². The Kier molecular flexibility index (Phi) is 16.4. The van der Waals surface area contributed by atoms with E-state index >= 15 is 0 Å². The van der Waals surface area contributed by atoms with E-state index < -0.39 is 58.2 Å². The van der Waals surface area contributed by atoms with Gasteiger partial charge in [0.15, 0.2) is 0 Å². The molecular formula is C52H66ClN9O8S. The molecule has 71 heavy (non-hydrogen) atoms. The minimum absolute atomic E-state index is 0.0141. The highest BCUT2D eigenvalue weighted by molar-refractivity contribution is 7.13. The Morgan fingerprint density at radius 2 is 1.69 bits per heavy atom. The van der Waals surface area contributed by atoms with Gasteiger partial charge < -0.3 is 45.4 Å². The SMILES string of the molecule is Cc1ncsc1-c1ccc([C@H](CO)NC(=O)[C@@H]2C[C@@H](O)CN2C(=O)C(NC(=O)COCCN2CCN(c3ccc(C(=O)N[C@H]4C(C)(C)[C@H](Oc5ccc(C#N)c(Cl)c5)C4(C)C)cn3)CC2)C(C)(C)C)cc1. The number of thiazole rings is 1. The highest BCUT2D eigenvalue weighted by Crippen LogP contribution is 2.55. The van der Waals surface area contributed by atoms with E-state index in [1.807, 2.05) is 58.0 Å². The number of hydrogen-bond donors (Lipinski definition) is 5. The number of carbonyl (C=O) groups excluding carboxylic acids is 4. The fraction of sp³-hybridized carbons (Fsp3) is 0.519. The number of pyridine rings is 1. The van der Waals surface area contributed by atoms with Gasteiger partial charge in [0, 0.05) is 74.8 Å². The molecule has 7 rings (SSSR count). The van der Waals surface area contributed by atoms with Gasteiger partial charge in [0.2, 0.25) is 17.7 Å². The van der Waals surface area contributed by atoms with E-state index in [1.54, 1.807) is 36.0 Å². The first-order valence-electron chi connectivity index (χ1n) is 24.0. The van der Waals surface area contributed by atoms with Crippen molar-refractivity contribution in [2.24, 2.45) is 16.2 Å². The topological polar surface area (TPSA) is 223 Å². The van der Waals surface area contributed by atoms with Crippen LogP contribution in [-0.2, 0) is 19.1 Å². The van der Waals surface area contributed by atoms with Crippen molar-refractivity contribution >= 4 is 52.4 Å². The molecule has 1 saturated carbocycles. The number of aryl methyl sites for hydroxylation is 1. The normalized spacial score (nSPS) is 21.6. The first-order valence-corrected chi connectivity index (χ1v) is 25.3. The van der Waals surface area contributed by atoms with Gasteiger partial charge in [0.1, 0.15) is 42.4 Å². The number of aromatic nitrogens is 2. The zero-order valence-electron chi connectivity index (χ0n) is 41.7. The van der Waals surface area contributed by atoms with Crippen LogP contribution in [0.1, 0.15) is 88.1 Å². The third-order valence-electron chi connectivity index (χ3n) is 14.0. The van der Waals surface area contributed by atoms with Gasteiger partial charge >= 0.3 is 0 Å². The van der Waals surface area contributed by atoms with Crippen LogP contribution in [-0.4, -0.2) is 143 Å². The molecule has 3 fully saturated rings. The highest BCUT2D eigenvalue weighted by Gasteiger charge is 2.64. The first kappa shape index (κ1) is 53.1. The van der Waals surface area contributed by atoms with E-state index in [0.717, 1.165) is 35.0 Å². The molecule has 4 aromatic rings. The number of likely N-dealkylation sites (tertiary alicyclic amines) is 1. The summed E-state index contributed by atoms with van der Waals surface area (Å²) in [7, 11) is 0. The molecule has 0 radical (unpaired) electrons. The first-order chi connectivity index (χ1) is 33.6. The summed E-state index contributed by atoms with van der Waals surface area (Å²) in [6, 6.07) is 15.3. The monoisotopic (exact) mass is 1010 g/mol. The molecule has 5 N–H and O–H groups in total. The maximum Gasteiger partial charge on any atom is 0.253 e. The van der Waals surface area contributed by atoms with E-state index in [9.17, 15) is 34.7 Å². The lowest BCUT2D eigenvalue weighted by Gasteiger charge is -2.63. The number of benzene rings is 2.